The van der Waals surface area contributed by atoms with Gasteiger partial charge in [0.2, 0.25) is 17.8 Å². The Morgan fingerprint density at radius 3 is 2.61 bits per heavy atom. The number of carbonyl (C=O) groups excluding carboxylic acids is 2. The fraction of sp³-hybridized carbons (Fsp3) is 0.774. The van der Waals surface area contributed by atoms with Crippen LogP contribution in [0.15, 0.2) is 11.2 Å². The molecule has 3 aliphatic rings. The number of aromatic nitrogens is 2. The lowest BCUT2D eigenvalue weighted by atomic mass is 9.78. The predicted molar refractivity (Wildman–Crippen MR) is 167 cm³/mol. The van der Waals surface area contributed by atoms with Crippen LogP contribution in [0.1, 0.15) is 112 Å². The van der Waals surface area contributed by atoms with Gasteiger partial charge in [-0.3, -0.25) is 15.0 Å². The number of imidazole rings is 1. The first-order valence-corrected chi connectivity index (χ1v) is 16.1. The van der Waals surface area contributed by atoms with E-state index in [1.54, 1.807) is 17.8 Å². The molecule has 4 rings (SSSR count). The van der Waals surface area contributed by atoms with Crippen molar-refractivity contribution in [2.45, 2.75) is 124 Å². The molecule has 0 saturated carbocycles. The summed E-state index contributed by atoms with van der Waals surface area (Å²) < 4.78 is 51.6. The molecule has 0 bridgehead atoms. The van der Waals surface area contributed by atoms with Crippen LogP contribution < -0.4 is 16.1 Å². The molecule has 4 heterocycles. The van der Waals surface area contributed by atoms with Gasteiger partial charge in [-0.1, -0.05) is 41.0 Å². The summed E-state index contributed by atoms with van der Waals surface area (Å²) in [5, 5.41) is 13.2. The molecule has 250 valence electrons. The lowest BCUT2D eigenvalue weighted by Gasteiger charge is -2.40. The number of aliphatic imine (C=N–C) groups is 1. The number of halogens is 3. The van der Waals surface area contributed by atoms with Crippen molar-refractivity contribution in [3.8, 4) is 0 Å². The van der Waals surface area contributed by atoms with Crippen LogP contribution in [-0.4, -0.2) is 70.3 Å². The maximum Gasteiger partial charge on any atom is 0.265 e. The third-order valence-electron chi connectivity index (χ3n) is 8.03. The molecule has 4 N–H and O–H groups in total. The highest BCUT2D eigenvalue weighted by atomic mass is 19.3. The predicted octanol–water partition coefficient (Wildman–Crippen LogP) is 6.03. The molecule has 44 heavy (non-hydrogen) atoms. The second-order valence-electron chi connectivity index (χ2n) is 11.4. The molecule has 4 unspecified atom stereocenters. The number of hydrogen-bond donors (Lipinski definition) is 4. The van der Waals surface area contributed by atoms with Gasteiger partial charge in [-0.15, -0.1) is 0 Å². The van der Waals surface area contributed by atoms with Gasteiger partial charge >= 0.3 is 0 Å². The van der Waals surface area contributed by atoms with Crippen LogP contribution in [-0.2, 0) is 14.3 Å². The van der Waals surface area contributed by atoms with Gasteiger partial charge in [-0.05, 0) is 39.5 Å². The average Bonchev–Trinajstić information content (AvgIpc) is 3.40. The number of alkyl halides is 3. The number of piperidine rings is 1. The van der Waals surface area contributed by atoms with E-state index in [4.69, 9.17) is 15.1 Å². The highest BCUT2D eigenvalue weighted by Gasteiger charge is 2.45. The number of carbonyl (C=O) groups is 2. The van der Waals surface area contributed by atoms with Crippen LogP contribution >= 0.6 is 0 Å². The topological polar surface area (TPSA) is 133 Å². The molecule has 1 aromatic rings. The van der Waals surface area contributed by atoms with E-state index < -0.39 is 41.9 Å². The van der Waals surface area contributed by atoms with Gasteiger partial charge in [0.15, 0.2) is 0 Å². The largest absolute Gasteiger partial charge is 0.381 e. The Hall–Kier alpha value is -2.96. The van der Waals surface area contributed by atoms with Crippen LogP contribution in [0.3, 0.4) is 0 Å². The zero-order valence-corrected chi connectivity index (χ0v) is 27.4. The van der Waals surface area contributed by atoms with E-state index >= 15 is 4.39 Å². The third kappa shape index (κ3) is 9.77. The summed E-state index contributed by atoms with van der Waals surface area (Å²) in [5.74, 6) is -4.38. The van der Waals surface area contributed by atoms with Crippen molar-refractivity contribution in [1.29, 1.82) is 5.41 Å². The zero-order chi connectivity index (χ0) is 33.1. The SMILES string of the molecule is CC.CC.CCCC(F)(F)CCC(NC(=O)C(C)=N)c1cn2c(n1)N=C(C1COCCC1(C)F)C(C[C@H]1CCCNC1=O)N2. The minimum absolute atomic E-state index is 0.0507. The number of fused-ring (bicyclic) bond motifs is 1. The van der Waals surface area contributed by atoms with Crippen molar-refractivity contribution in [3.63, 3.8) is 0 Å². The number of ether oxygens (including phenoxy) is 1. The molecule has 3 aliphatic heterocycles. The fourth-order valence-electron chi connectivity index (χ4n) is 5.62. The molecule has 5 atom stereocenters. The number of nitrogens with one attached hydrogen (secondary N) is 4. The molecule has 0 radical (unpaired) electrons. The highest BCUT2D eigenvalue weighted by molar-refractivity contribution is 6.36. The minimum atomic E-state index is -2.90. The van der Waals surface area contributed by atoms with Crippen molar-refractivity contribution in [1.82, 2.24) is 20.3 Å². The van der Waals surface area contributed by atoms with E-state index in [1.165, 1.54) is 13.8 Å². The zero-order valence-electron chi connectivity index (χ0n) is 27.4. The van der Waals surface area contributed by atoms with Crippen LogP contribution in [0.2, 0.25) is 0 Å². The van der Waals surface area contributed by atoms with Crippen molar-refractivity contribution >= 4 is 29.2 Å². The van der Waals surface area contributed by atoms with Gasteiger partial charge in [0.05, 0.1) is 47.9 Å². The molecule has 2 amide bonds. The van der Waals surface area contributed by atoms with Gasteiger partial charge in [0.1, 0.15) is 5.67 Å². The lowest BCUT2D eigenvalue weighted by Crippen LogP contribution is -2.52. The van der Waals surface area contributed by atoms with Crippen LogP contribution in [0.4, 0.5) is 19.1 Å². The Balaban J connectivity index is 0.00000162. The normalized spacial score (nSPS) is 25.4. The van der Waals surface area contributed by atoms with E-state index in [0.717, 1.165) is 6.42 Å². The first kappa shape index (κ1) is 37.2. The summed E-state index contributed by atoms with van der Waals surface area (Å²) in [7, 11) is 0. The van der Waals surface area contributed by atoms with Crippen molar-refractivity contribution < 1.29 is 27.5 Å². The van der Waals surface area contributed by atoms with E-state index in [9.17, 15) is 18.4 Å². The van der Waals surface area contributed by atoms with E-state index in [-0.39, 0.29) is 49.4 Å². The third-order valence-corrected chi connectivity index (χ3v) is 8.03. The van der Waals surface area contributed by atoms with Crippen molar-refractivity contribution in [2.24, 2.45) is 16.8 Å². The maximum absolute atomic E-state index is 15.7. The molecule has 1 aromatic heterocycles. The van der Waals surface area contributed by atoms with Crippen molar-refractivity contribution in [2.75, 3.05) is 25.2 Å². The molecular formula is C31H52F3N7O3. The summed E-state index contributed by atoms with van der Waals surface area (Å²) in [4.78, 5) is 34.2. The summed E-state index contributed by atoms with van der Waals surface area (Å²) in [6.07, 6.45) is 3.22. The number of rotatable bonds is 11. The molecule has 0 aromatic carbocycles. The Bertz CT molecular complexity index is 1140. The molecule has 0 aliphatic carbocycles. The second-order valence-corrected chi connectivity index (χ2v) is 11.4. The van der Waals surface area contributed by atoms with Crippen LogP contribution in [0, 0.1) is 17.2 Å². The molecule has 2 fully saturated rings. The minimum Gasteiger partial charge on any atom is -0.381 e. The Labute approximate surface area is 259 Å². The van der Waals surface area contributed by atoms with Crippen LogP contribution in [0.25, 0.3) is 0 Å². The number of hydrogen-bond acceptors (Lipinski definition) is 7. The molecular weight excluding hydrogens is 575 g/mol. The Morgan fingerprint density at radius 1 is 1.30 bits per heavy atom. The highest BCUT2D eigenvalue weighted by Crippen LogP contribution is 2.37. The fourth-order valence-corrected chi connectivity index (χ4v) is 5.62. The molecule has 13 heteroatoms. The number of nitrogens with zero attached hydrogens (tertiary/aromatic N) is 3. The average molecular weight is 628 g/mol. The lowest BCUT2D eigenvalue weighted by molar-refractivity contribution is -0.126. The van der Waals surface area contributed by atoms with Crippen LogP contribution in [0.5, 0.6) is 0 Å². The summed E-state index contributed by atoms with van der Waals surface area (Å²) in [5.41, 5.74) is 2.28. The molecule has 2 saturated heterocycles. The Kier molecular flexibility index (Phi) is 14.3. The second kappa shape index (κ2) is 16.9. The van der Waals surface area contributed by atoms with Gasteiger partial charge in [0, 0.05) is 38.3 Å². The van der Waals surface area contributed by atoms with Crippen molar-refractivity contribution in [3.05, 3.63) is 11.9 Å². The van der Waals surface area contributed by atoms with Gasteiger partial charge in [0.25, 0.3) is 5.91 Å². The summed E-state index contributed by atoms with van der Waals surface area (Å²) in [6.45, 7) is 13.6. The summed E-state index contributed by atoms with van der Waals surface area (Å²) >= 11 is 0. The molecule has 0 spiro atoms. The standard InChI is InChI=1S/C27H40F3N7O3.2C2H6/c1-4-8-27(29,30)9-7-19(33-23(38)16(2)31)21-14-37-25(34-21)35-22(18-15-40-12-10-26(18,3)28)20(36-37)13-17-6-5-11-32-24(17)39;2*1-2/h14,17-20,31,36H,4-13,15H2,1-3H3,(H,32,39)(H,33,38);2*1-2H3/t17-,18?,19?,20?,26?;;/m1../s1. The molecule has 10 nitrogen and oxygen atoms in total. The Morgan fingerprint density at radius 2 is 2.00 bits per heavy atom. The van der Waals surface area contributed by atoms with E-state index in [1.807, 2.05) is 27.7 Å². The quantitative estimate of drug-likeness (QED) is 0.223. The first-order valence-electron chi connectivity index (χ1n) is 16.1. The maximum atomic E-state index is 15.7. The first-order chi connectivity index (χ1) is 20.9. The van der Waals surface area contributed by atoms with Gasteiger partial charge < -0.3 is 20.8 Å². The van der Waals surface area contributed by atoms with Gasteiger partial charge in [-0.2, -0.15) is 0 Å². The van der Waals surface area contributed by atoms with E-state index in [2.05, 4.69) is 21.0 Å². The van der Waals surface area contributed by atoms with Gasteiger partial charge in [-0.25, -0.2) is 27.8 Å². The summed E-state index contributed by atoms with van der Waals surface area (Å²) in [6, 6.07) is -1.38. The monoisotopic (exact) mass is 627 g/mol. The number of amides is 2. The van der Waals surface area contributed by atoms with E-state index in [0.29, 0.717) is 43.8 Å². The smallest absolute Gasteiger partial charge is 0.265 e.